The van der Waals surface area contributed by atoms with E-state index in [-0.39, 0.29) is 24.8 Å². The lowest BCUT2D eigenvalue weighted by Crippen LogP contribution is -2.33. The molecule has 126 valence electrons. The summed E-state index contributed by atoms with van der Waals surface area (Å²) in [6.45, 7) is 2.07. The van der Waals surface area contributed by atoms with E-state index in [1.54, 1.807) is 30.6 Å². The van der Waals surface area contributed by atoms with E-state index in [0.717, 1.165) is 5.56 Å². The SMILES string of the molecule is CC(=O)N(CCC(=O)NCc1cccnc1)c1cc(Cl)cc(Cl)c1. The fraction of sp³-hybridized carbons (Fsp3) is 0.235. The number of pyridine rings is 1. The molecule has 24 heavy (non-hydrogen) atoms. The Bertz CT molecular complexity index is 703. The van der Waals surface area contributed by atoms with Gasteiger partial charge < -0.3 is 10.2 Å². The average Bonchev–Trinajstić information content (AvgIpc) is 2.53. The van der Waals surface area contributed by atoms with Crippen LogP contribution < -0.4 is 10.2 Å². The summed E-state index contributed by atoms with van der Waals surface area (Å²) in [7, 11) is 0. The first kappa shape index (κ1) is 18.2. The Morgan fingerprint density at radius 1 is 1.21 bits per heavy atom. The molecule has 7 heteroatoms. The third-order valence-electron chi connectivity index (χ3n) is 3.31. The number of aromatic nitrogens is 1. The Morgan fingerprint density at radius 2 is 1.92 bits per heavy atom. The molecule has 0 aliphatic heterocycles. The summed E-state index contributed by atoms with van der Waals surface area (Å²) >= 11 is 11.9. The van der Waals surface area contributed by atoms with Gasteiger partial charge in [-0.05, 0) is 29.8 Å². The smallest absolute Gasteiger partial charge is 0.223 e. The molecule has 2 rings (SSSR count). The van der Waals surface area contributed by atoms with Gasteiger partial charge in [0, 0.05) is 54.6 Å². The second-order valence-electron chi connectivity index (χ2n) is 5.19. The highest BCUT2D eigenvalue weighted by atomic mass is 35.5. The van der Waals surface area contributed by atoms with E-state index in [1.807, 2.05) is 12.1 Å². The average molecular weight is 366 g/mol. The van der Waals surface area contributed by atoms with Crippen LogP contribution in [0, 0.1) is 0 Å². The van der Waals surface area contributed by atoms with Gasteiger partial charge in [0.1, 0.15) is 0 Å². The number of rotatable bonds is 6. The van der Waals surface area contributed by atoms with Crippen LogP contribution in [0.15, 0.2) is 42.7 Å². The largest absolute Gasteiger partial charge is 0.352 e. The van der Waals surface area contributed by atoms with Crippen LogP contribution in [-0.4, -0.2) is 23.3 Å². The third-order valence-corrected chi connectivity index (χ3v) is 3.75. The molecule has 0 saturated heterocycles. The molecular formula is C17H17Cl2N3O2. The molecule has 0 fully saturated rings. The number of hydrogen-bond acceptors (Lipinski definition) is 3. The fourth-order valence-electron chi connectivity index (χ4n) is 2.17. The monoisotopic (exact) mass is 365 g/mol. The third kappa shape index (κ3) is 5.51. The van der Waals surface area contributed by atoms with Crippen molar-refractivity contribution in [2.75, 3.05) is 11.4 Å². The van der Waals surface area contributed by atoms with Gasteiger partial charge in [0.25, 0.3) is 0 Å². The van der Waals surface area contributed by atoms with Crippen molar-refractivity contribution in [3.63, 3.8) is 0 Å². The van der Waals surface area contributed by atoms with E-state index >= 15 is 0 Å². The zero-order valence-corrected chi connectivity index (χ0v) is 14.6. The quantitative estimate of drug-likeness (QED) is 0.852. The summed E-state index contributed by atoms with van der Waals surface area (Å²) in [4.78, 5) is 29.3. The molecule has 0 aliphatic rings. The first-order valence-corrected chi connectivity index (χ1v) is 8.11. The van der Waals surface area contributed by atoms with Gasteiger partial charge in [-0.15, -0.1) is 0 Å². The summed E-state index contributed by atoms with van der Waals surface area (Å²) in [5, 5.41) is 3.67. The fourth-order valence-corrected chi connectivity index (χ4v) is 2.68. The summed E-state index contributed by atoms with van der Waals surface area (Å²) in [6.07, 6.45) is 3.53. The van der Waals surface area contributed by atoms with Crippen molar-refractivity contribution >= 4 is 40.7 Å². The lowest BCUT2D eigenvalue weighted by molar-refractivity contribution is -0.121. The van der Waals surface area contributed by atoms with Crippen LogP contribution in [0.1, 0.15) is 18.9 Å². The van der Waals surface area contributed by atoms with E-state index in [1.165, 1.54) is 11.8 Å². The summed E-state index contributed by atoms with van der Waals surface area (Å²) in [6, 6.07) is 8.56. The molecule has 1 heterocycles. The maximum absolute atomic E-state index is 12.0. The molecule has 2 aromatic rings. The standard InChI is InChI=1S/C17H17Cl2N3O2/c1-12(23)22(16-8-14(18)7-15(19)9-16)6-4-17(24)21-11-13-3-2-5-20-10-13/h2-3,5,7-10H,4,6,11H2,1H3,(H,21,24). The predicted octanol–water partition coefficient (Wildman–Crippen LogP) is 3.45. The second-order valence-corrected chi connectivity index (χ2v) is 6.06. The van der Waals surface area contributed by atoms with Gasteiger partial charge in [-0.2, -0.15) is 0 Å². The van der Waals surface area contributed by atoms with Crippen LogP contribution in [0.3, 0.4) is 0 Å². The van der Waals surface area contributed by atoms with Crippen LogP contribution >= 0.6 is 23.2 Å². The molecule has 1 aromatic heterocycles. The number of nitrogens with zero attached hydrogens (tertiary/aromatic N) is 2. The van der Waals surface area contributed by atoms with Crippen molar-refractivity contribution in [2.24, 2.45) is 0 Å². The maximum atomic E-state index is 12.0. The van der Waals surface area contributed by atoms with E-state index in [9.17, 15) is 9.59 Å². The highest BCUT2D eigenvalue weighted by Crippen LogP contribution is 2.25. The maximum Gasteiger partial charge on any atom is 0.223 e. The Hall–Kier alpha value is -2.11. The molecule has 0 saturated carbocycles. The van der Waals surface area contributed by atoms with Crippen LogP contribution in [0.5, 0.6) is 0 Å². The Labute approximate surface area is 150 Å². The van der Waals surface area contributed by atoms with Gasteiger partial charge in [-0.25, -0.2) is 0 Å². The molecule has 1 aromatic carbocycles. The molecule has 0 unspecified atom stereocenters. The molecule has 0 radical (unpaired) electrons. The van der Waals surface area contributed by atoms with Crippen LogP contribution in [0.25, 0.3) is 0 Å². The van der Waals surface area contributed by atoms with Gasteiger partial charge in [0.05, 0.1) is 0 Å². The first-order chi connectivity index (χ1) is 11.5. The van der Waals surface area contributed by atoms with Gasteiger partial charge in [0.15, 0.2) is 0 Å². The number of carbonyl (C=O) groups excluding carboxylic acids is 2. The number of nitrogens with one attached hydrogen (secondary N) is 1. The molecule has 1 N–H and O–H groups in total. The van der Waals surface area contributed by atoms with E-state index in [0.29, 0.717) is 22.3 Å². The van der Waals surface area contributed by atoms with Gasteiger partial charge in [0.2, 0.25) is 11.8 Å². The number of benzene rings is 1. The Morgan fingerprint density at radius 3 is 2.50 bits per heavy atom. The molecule has 2 amide bonds. The topological polar surface area (TPSA) is 62.3 Å². The normalized spacial score (nSPS) is 10.3. The minimum absolute atomic E-state index is 0.154. The van der Waals surface area contributed by atoms with Crippen molar-refractivity contribution in [1.82, 2.24) is 10.3 Å². The number of halogens is 2. The highest BCUT2D eigenvalue weighted by molar-refractivity contribution is 6.35. The van der Waals surface area contributed by atoms with Crippen LogP contribution in [0.4, 0.5) is 5.69 Å². The highest BCUT2D eigenvalue weighted by Gasteiger charge is 2.14. The van der Waals surface area contributed by atoms with Crippen molar-refractivity contribution in [3.8, 4) is 0 Å². The first-order valence-electron chi connectivity index (χ1n) is 7.35. The number of anilines is 1. The van der Waals surface area contributed by atoms with Crippen molar-refractivity contribution < 1.29 is 9.59 Å². The van der Waals surface area contributed by atoms with Crippen molar-refractivity contribution in [2.45, 2.75) is 19.9 Å². The number of amides is 2. The Balaban J connectivity index is 1.93. The van der Waals surface area contributed by atoms with E-state index in [2.05, 4.69) is 10.3 Å². The second kappa shape index (κ2) is 8.66. The zero-order valence-electron chi connectivity index (χ0n) is 13.1. The summed E-state index contributed by atoms with van der Waals surface area (Å²) < 4.78 is 0. The van der Waals surface area contributed by atoms with Crippen LogP contribution in [0.2, 0.25) is 10.0 Å². The van der Waals surface area contributed by atoms with Crippen LogP contribution in [-0.2, 0) is 16.1 Å². The molecular weight excluding hydrogens is 349 g/mol. The van der Waals surface area contributed by atoms with Crippen molar-refractivity contribution in [3.05, 3.63) is 58.3 Å². The minimum atomic E-state index is -0.187. The van der Waals surface area contributed by atoms with Gasteiger partial charge >= 0.3 is 0 Å². The predicted molar refractivity (Wildman–Crippen MR) is 95.2 cm³/mol. The van der Waals surface area contributed by atoms with Crippen molar-refractivity contribution in [1.29, 1.82) is 0 Å². The molecule has 0 aliphatic carbocycles. The summed E-state index contributed by atoms with van der Waals surface area (Å²) in [5.74, 6) is -0.341. The van der Waals surface area contributed by atoms with E-state index in [4.69, 9.17) is 23.2 Å². The molecule has 0 atom stereocenters. The summed E-state index contributed by atoms with van der Waals surface area (Å²) in [5.41, 5.74) is 1.48. The van der Waals surface area contributed by atoms with Gasteiger partial charge in [-0.1, -0.05) is 29.3 Å². The molecule has 5 nitrogen and oxygen atoms in total. The Kier molecular flexibility index (Phi) is 6.58. The molecule has 0 bridgehead atoms. The van der Waals surface area contributed by atoms with E-state index < -0.39 is 0 Å². The number of carbonyl (C=O) groups is 2. The molecule has 0 spiro atoms. The van der Waals surface area contributed by atoms with Gasteiger partial charge in [-0.3, -0.25) is 14.6 Å². The minimum Gasteiger partial charge on any atom is -0.352 e. The lowest BCUT2D eigenvalue weighted by Gasteiger charge is -2.21. The zero-order chi connectivity index (χ0) is 17.5. The lowest BCUT2D eigenvalue weighted by atomic mass is 10.2. The number of hydrogen-bond donors (Lipinski definition) is 1.